The molecule has 4 heteroatoms. The summed E-state index contributed by atoms with van der Waals surface area (Å²) < 4.78 is 6.29. The van der Waals surface area contributed by atoms with Crippen molar-refractivity contribution < 1.29 is 4.74 Å². The lowest BCUT2D eigenvalue weighted by Gasteiger charge is -2.13. The third kappa shape index (κ3) is 3.56. The van der Waals surface area contributed by atoms with Crippen molar-refractivity contribution in [3.8, 4) is 11.8 Å². The molecule has 0 atom stereocenters. The Labute approximate surface area is 133 Å². The number of hydrogen-bond acceptors (Lipinski definition) is 3. The van der Waals surface area contributed by atoms with Crippen LogP contribution in [0.15, 0.2) is 34.8 Å². The number of rotatable bonds is 4. The first kappa shape index (κ1) is 15.4. The predicted octanol–water partition coefficient (Wildman–Crippen LogP) is 4.56. The first-order valence-electron chi connectivity index (χ1n) is 6.62. The Morgan fingerprint density at radius 2 is 2.00 bits per heavy atom. The van der Waals surface area contributed by atoms with E-state index in [1.165, 1.54) is 11.1 Å². The number of hydrogen-bond donors (Lipinski definition) is 1. The zero-order valence-corrected chi connectivity index (χ0v) is 13.9. The number of ether oxygens (including phenoxy) is 1. The average molecular weight is 345 g/mol. The Morgan fingerprint density at radius 1 is 1.24 bits per heavy atom. The molecule has 2 aromatic carbocycles. The molecule has 1 N–H and O–H groups in total. The van der Waals surface area contributed by atoms with Crippen LogP contribution in [0.4, 0.5) is 5.69 Å². The number of nitriles is 1. The minimum atomic E-state index is 0.550. The summed E-state index contributed by atoms with van der Waals surface area (Å²) in [6.07, 6.45) is 0. The minimum absolute atomic E-state index is 0.550. The van der Waals surface area contributed by atoms with Crippen molar-refractivity contribution in [2.45, 2.75) is 20.4 Å². The maximum Gasteiger partial charge on any atom is 0.136 e. The van der Waals surface area contributed by atoms with E-state index < -0.39 is 0 Å². The molecule has 0 radical (unpaired) electrons. The number of benzene rings is 2. The van der Waals surface area contributed by atoms with Gasteiger partial charge in [0.15, 0.2) is 0 Å². The van der Waals surface area contributed by atoms with E-state index in [9.17, 15) is 0 Å². The smallest absolute Gasteiger partial charge is 0.136 e. The van der Waals surface area contributed by atoms with Crippen molar-refractivity contribution in [1.29, 1.82) is 5.26 Å². The van der Waals surface area contributed by atoms with Crippen molar-refractivity contribution in [1.82, 2.24) is 0 Å². The second-order valence-corrected chi connectivity index (χ2v) is 5.79. The number of methoxy groups -OCH3 is 1. The van der Waals surface area contributed by atoms with Gasteiger partial charge in [-0.15, -0.1) is 0 Å². The van der Waals surface area contributed by atoms with Crippen LogP contribution in [0.2, 0.25) is 0 Å². The molecule has 2 aromatic rings. The van der Waals surface area contributed by atoms with Gasteiger partial charge >= 0.3 is 0 Å². The lowest BCUT2D eigenvalue weighted by molar-refractivity contribution is 0.413. The molecule has 0 amide bonds. The topological polar surface area (TPSA) is 45.0 Å². The Bertz CT molecular complexity index is 681. The molecule has 0 aliphatic rings. The molecule has 0 heterocycles. The fourth-order valence-corrected chi connectivity index (χ4v) is 3.08. The molecule has 0 aromatic heterocycles. The van der Waals surface area contributed by atoms with Crippen molar-refractivity contribution in [2.24, 2.45) is 0 Å². The molecule has 0 aliphatic heterocycles. The van der Waals surface area contributed by atoms with E-state index in [1.807, 2.05) is 12.1 Å². The summed E-state index contributed by atoms with van der Waals surface area (Å²) in [6, 6.07) is 12.0. The van der Waals surface area contributed by atoms with Gasteiger partial charge in [0.2, 0.25) is 0 Å². The molecule has 2 rings (SSSR count). The number of nitrogens with zero attached hydrogens (tertiary/aromatic N) is 1. The summed E-state index contributed by atoms with van der Waals surface area (Å²) in [7, 11) is 1.58. The quantitative estimate of drug-likeness (QED) is 0.884. The van der Waals surface area contributed by atoms with Gasteiger partial charge in [-0.1, -0.05) is 12.1 Å². The summed E-state index contributed by atoms with van der Waals surface area (Å²) in [5.74, 6) is 0.608. The van der Waals surface area contributed by atoms with Crippen molar-refractivity contribution >= 4 is 21.6 Å². The third-order valence-corrected chi connectivity index (χ3v) is 3.91. The maximum absolute atomic E-state index is 9.00. The molecule has 0 saturated carbocycles. The van der Waals surface area contributed by atoms with Gasteiger partial charge in [0.1, 0.15) is 11.8 Å². The van der Waals surface area contributed by atoms with Crippen molar-refractivity contribution in [2.75, 3.05) is 12.4 Å². The highest BCUT2D eigenvalue weighted by Gasteiger charge is 2.07. The predicted molar refractivity (Wildman–Crippen MR) is 88.7 cm³/mol. The normalized spacial score (nSPS) is 10.0. The zero-order chi connectivity index (χ0) is 15.4. The average Bonchev–Trinajstić information content (AvgIpc) is 2.45. The van der Waals surface area contributed by atoms with Crippen LogP contribution in [0.5, 0.6) is 5.75 Å². The van der Waals surface area contributed by atoms with E-state index in [2.05, 4.69) is 53.3 Å². The fraction of sp³-hybridized carbons (Fsp3) is 0.235. The van der Waals surface area contributed by atoms with Gasteiger partial charge in [0.25, 0.3) is 0 Å². The van der Waals surface area contributed by atoms with Crippen molar-refractivity contribution in [3.63, 3.8) is 0 Å². The van der Waals surface area contributed by atoms with E-state index in [-0.39, 0.29) is 0 Å². The molecule has 3 nitrogen and oxygen atoms in total. The summed E-state index contributed by atoms with van der Waals surface area (Å²) in [5, 5.41) is 12.4. The zero-order valence-electron chi connectivity index (χ0n) is 12.3. The van der Waals surface area contributed by atoms with Gasteiger partial charge in [0, 0.05) is 11.0 Å². The SMILES string of the molecule is COc1cc(CNc2c(C)cc(C)cc2Br)ccc1C#N. The van der Waals surface area contributed by atoms with Gasteiger partial charge in [-0.2, -0.15) is 5.26 Å². The first-order valence-corrected chi connectivity index (χ1v) is 7.42. The number of nitrogens with one attached hydrogen (secondary N) is 1. The van der Waals surface area contributed by atoms with E-state index in [0.717, 1.165) is 15.7 Å². The Balaban J connectivity index is 2.19. The van der Waals surface area contributed by atoms with Gasteiger partial charge in [-0.25, -0.2) is 0 Å². The molecular formula is C17H17BrN2O. The van der Waals surface area contributed by atoms with Gasteiger partial charge in [-0.3, -0.25) is 0 Å². The molecule has 0 aliphatic carbocycles. The van der Waals surface area contributed by atoms with Crippen LogP contribution in [0.3, 0.4) is 0 Å². The van der Waals surface area contributed by atoms with Crippen molar-refractivity contribution in [3.05, 3.63) is 57.1 Å². The number of halogens is 1. The van der Waals surface area contributed by atoms with Crippen LogP contribution in [0.1, 0.15) is 22.3 Å². The second kappa shape index (κ2) is 6.64. The highest BCUT2D eigenvalue weighted by Crippen LogP contribution is 2.28. The second-order valence-electron chi connectivity index (χ2n) is 4.94. The van der Waals surface area contributed by atoms with Crippen LogP contribution in [0.25, 0.3) is 0 Å². The lowest BCUT2D eigenvalue weighted by atomic mass is 10.1. The Hall–Kier alpha value is -1.99. The Kier molecular flexibility index (Phi) is 4.87. The highest BCUT2D eigenvalue weighted by molar-refractivity contribution is 9.10. The third-order valence-electron chi connectivity index (χ3n) is 3.29. The van der Waals surface area contributed by atoms with E-state index in [0.29, 0.717) is 17.9 Å². The molecular weight excluding hydrogens is 328 g/mol. The molecule has 0 saturated heterocycles. The lowest BCUT2D eigenvalue weighted by Crippen LogP contribution is -2.03. The molecule has 0 fully saturated rings. The summed E-state index contributed by atoms with van der Waals surface area (Å²) in [4.78, 5) is 0. The van der Waals surface area contributed by atoms with Crippen LogP contribution in [-0.2, 0) is 6.54 Å². The van der Waals surface area contributed by atoms with E-state index in [4.69, 9.17) is 10.00 Å². The monoisotopic (exact) mass is 344 g/mol. The van der Waals surface area contributed by atoms with Gasteiger partial charge in [0.05, 0.1) is 18.4 Å². The standard InChI is InChI=1S/C17H17BrN2O/c1-11-6-12(2)17(15(18)7-11)20-10-13-4-5-14(9-19)16(8-13)21-3/h4-8,20H,10H2,1-3H3. The summed E-state index contributed by atoms with van der Waals surface area (Å²) in [6.45, 7) is 4.83. The van der Waals surface area contributed by atoms with Crippen LogP contribution >= 0.6 is 15.9 Å². The fourth-order valence-electron chi connectivity index (χ4n) is 2.27. The highest BCUT2D eigenvalue weighted by atomic mass is 79.9. The Morgan fingerprint density at radius 3 is 2.62 bits per heavy atom. The number of aryl methyl sites for hydroxylation is 2. The maximum atomic E-state index is 9.00. The van der Waals surface area contributed by atoms with E-state index in [1.54, 1.807) is 13.2 Å². The van der Waals surface area contributed by atoms with Gasteiger partial charge in [-0.05, 0) is 64.7 Å². The molecule has 108 valence electrons. The summed E-state index contributed by atoms with van der Waals surface area (Å²) >= 11 is 3.59. The molecule has 0 spiro atoms. The molecule has 21 heavy (non-hydrogen) atoms. The van der Waals surface area contributed by atoms with Crippen LogP contribution in [-0.4, -0.2) is 7.11 Å². The molecule has 0 bridgehead atoms. The van der Waals surface area contributed by atoms with E-state index >= 15 is 0 Å². The largest absolute Gasteiger partial charge is 0.495 e. The first-order chi connectivity index (χ1) is 10.0. The van der Waals surface area contributed by atoms with Crippen LogP contribution in [0, 0.1) is 25.2 Å². The summed E-state index contributed by atoms with van der Waals surface area (Å²) in [5.41, 5.74) is 5.13. The molecule has 0 unspecified atom stereocenters. The van der Waals surface area contributed by atoms with Crippen LogP contribution < -0.4 is 10.1 Å². The minimum Gasteiger partial charge on any atom is -0.495 e. The number of anilines is 1. The van der Waals surface area contributed by atoms with Gasteiger partial charge < -0.3 is 10.1 Å².